The minimum Gasteiger partial charge on any atom is -0.481 e. The van der Waals surface area contributed by atoms with Gasteiger partial charge in [0.05, 0.1) is 24.7 Å². The summed E-state index contributed by atoms with van der Waals surface area (Å²) in [5.74, 6) is 0.225. The summed E-state index contributed by atoms with van der Waals surface area (Å²) in [6.07, 6.45) is 0.604. The molecule has 0 spiro atoms. The molecule has 0 bridgehead atoms. The number of aliphatic hydroxyl groups is 1. The van der Waals surface area contributed by atoms with Gasteiger partial charge in [-0.25, -0.2) is 0 Å². The van der Waals surface area contributed by atoms with E-state index in [-0.39, 0.29) is 24.1 Å². The van der Waals surface area contributed by atoms with Crippen LogP contribution in [0.25, 0.3) is 0 Å². The van der Waals surface area contributed by atoms with Gasteiger partial charge in [0.2, 0.25) is 0 Å². The van der Waals surface area contributed by atoms with Crippen LogP contribution in [-0.2, 0) is 11.3 Å². The molecule has 0 saturated carbocycles. The Hall–Kier alpha value is -1.66. The Kier molecular flexibility index (Phi) is 3.55. The fourth-order valence-corrected chi connectivity index (χ4v) is 1.69. The second kappa shape index (κ2) is 5.11. The number of hydrogen-bond acceptors (Lipinski definition) is 5. The Bertz CT molecular complexity index is 414. The van der Waals surface area contributed by atoms with Crippen LogP contribution in [-0.4, -0.2) is 29.3 Å². The number of nitrogens with zero attached hydrogens (tertiary/aromatic N) is 1. The van der Waals surface area contributed by atoms with E-state index in [1.54, 1.807) is 6.07 Å². The number of hydrogen-bond donors (Lipinski definition) is 1. The van der Waals surface area contributed by atoms with Crippen molar-refractivity contribution in [2.45, 2.75) is 19.1 Å². The van der Waals surface area contributed by atoms with Gasteiger partial charge >= 0.3 is 5.69 Å². The van der Waals surface area contributed by atoms with Crippen LogP contribution in [0.3, 0.4) is 0 Å². The van der Waals surface area contributed by atoms with Gasteiger partial charge in [-0.3, -0.25) is 10.1 Å². The van der Waals surface area contributed by atoms with E-state index in [9.17, 15) is 10.1 Å². The summed E-state index contributed by atoms with van der Waals surface area (Å²) in [5.41, 5.74) is 0.371. The lowest BCUT2D eigenvalue weighted by molar-refractivity contribution is -0.386. The molecule has 1 heterocycles. The summed E-state index contributed by atoms with van der Waals surface area (Å²) >= 11 is 0. The molecule has 1 N–H and O–H groups in total. The first-order valence-corrected chi connectivity index (χ1v) is 5.33. The van der Waals surface area contributed by atoms with Crippen LogP contribution in [0, 0.1) is 10.1 Å². The maximum Gasteiger partial charge on any atom is 0.311 e. The molecule has 1 fully saturated rings. The van der Waals surface area contributed by atoms with Gasteiger partial charge in [0.1, 0.15) is 6.10 Å². The largest absolute Gasteiger partial charge is 0.481 e. The summed E-state index contributed by atoms with van der Waals surface area (Å²) in [5, 5.41) is 19.8. The first kappa shape index (κ1) is 11.8. The fraction of sp³-hybridized carbons (Fsp3) is 0.455. The van der Waals surface area contributed by atoms with E-state index < -0.39 is 4.92 Å². The SMILES string of the molecule is O=[N+]([O-])c1cc(CO)ccc1OC1CCOC1. The summed E-state index contributed by atoms with van der Waals surface area (Å²) < 4.78 is 10.7. The van der Waals surface area contributed by atoms with Gasteiger partial charge in [0, 0.05) is 12.5 Å². The van der Waals surface area contributed by atoms with Crippen molar-refractivity contribution in [2.24, 2.45) is 0 Å². The van der Waals surface area contributed by atoms with Gasteiger partial charge in [-0.05, 0) is 11.6 Å². The van der Waals surface area contributed by atoms with E-state index in [2.05, 4.69) is 0 Å². The fourth-order valence-electron chi connectivity index (χ4n) is 1.69. The van der Waals surface area contributed by atoms with E-state index in [0.29, 0.717) is 18.8 Å². The van der Waals surface area contributed by atoms with Crippen LogP contribution < -0.4 is 4.74 Å². The number of aliphatic hydroxyl groups excluding tert-OH is 1. The molecule has 0 radical (unpaired) electrons. The topological polar surface area (TPSA) is 81.8 Å². The monoisotopic (exact) mass is 239 g/mol. The van der Waals surface area contributed by atoms with Gasteiger partial charge in [-0.15, -0.1) is 0 Å². The summed E-state index contributed by atoms with van der Waals surface area (Å²) in [4.78, 5) is 10.4. The first-order chi connectivity index (χ1) is 8.20. The zero-order valence-electron chi connectivity index (χ0n) is 9.17. The average molecular weight is 239 g/mol. The van der Waals surface area contributed by atoms with E-state index >= 15 is 0 Å². The zero-order valence-corrected chi connectivity index (χ0v) is 9.17. The summed E-state index contributed by atoms with van der Waals surface area (Å²) in [6.45, 7) is 0.847. The van der Waals surface area contributed by atoms with Gasteiger partial charge in [-0.1, -0.05) is 6.07 Å². The molecule has 1 atom stereocenters. The van der Waals surface area contributed by atoms with Crippen LogP contribution in [0.15, 0.2) is 18.2 Å². The standard InChI is InChI=1S/C11H13NO5/c13-6-8-1-2-11(10(5-8)12(14)15)17-9-3-4-16-7-9/h1-2,5,9,13H,3-4,6-7H2. The molecule has 6 nitrogen and oxygen atoms in total. The summed E-state index contributed by atoms with van der Waals surface area (Å²) in [7, 11) is 0. The highest BCUT2D eigenvalue weighted by atomic mass is 16.6. The molecule has 92 valence electrons. The molecule has 1 unspecified atom stereocenters. The number of nitro groups is 1. The molecular formula is C11H13NO5. The Morgan fingerprint density at radius 3 is 3.00 bits per heavy atom. The third kappa shape index (κ3) is 2.72. The number of nitro benzene ring substituents is 1. The molecule has 1 aliphatic heterocycles. The molecule has 0 amide bonds. The predicted molar refractivity (Wildman–Crippen MR) is 58.9 cm³/mol. The van der Waals surface area contributed by atoms with Gasteiger partial charge in [-0.2, -0.15) is 0 Å². The van der Waals surface area contributed by atoms with E-state index in [1.165, 1.54) is 12.1 Å². The molecule has 0 aliphatic carbocycles. The highest BCUT2D eigenvalue weighted by molar-refractivity contribution is 5.48. The van der Waals surface area contributed by atoms with Crippen LogP contribution >= 0.6 is 0 Å². The number of rotatable bonds is 4. The number of ether oxygens (including phenoxy) is 2. The van der Waals surface area contributed by atoms with E-state index in [4.69, 9.17) is 14.6 Å². The van der Waals surface area contributed by atoms with Gasteiger partial charge in [0.25, 0.3) is 0 Å². The quantitative estimate of drug-likeness (QED) is 0.631. The second-order valence-corrected chi connectivity index (χ2v) is 3.82. The maximum atomic E-state index is 10.9. The third-order valence-corrected chi connectivity index (χ3v) is 2.58. The van der Waals surface area contributed by atoms with Gasteiger partial charge < -0.3 is 14.6 Å². The van der Waals surface area contributed by atoms with Crippen molar-refractivity contribution in [1.29, 1.82) is 0 Å². The van der Waals surface area contributed by atoms with Crippen LogP contribution in [0.2, 0.25) is 0 Å². The molecule has 2 rings (SSSR count). The lowest BCUT2D eigenvalue weighted by atomic mass is 10.2. The van der Waals surface area contributed by atoms with Crippen molar-refractivity contribution < 1.29 is 19.5 Å². The van der Waals surface area contributed by atoms with Crippen LogP contribution in [0.4, 0.5) is 5.69 Å². The smallest absolute Gasteiger partial charge is 0.311 e. The van der Waals surface area contributed by atoms with Crippen molar-refractivity contribution in [3.8, 4) is 5.75 Å². The minimum atomic E-state index is -0.510. The van der Waals surface area contributed by atoms with Crippen molar-refractivity contribution in [3.63, 3.8) is 0 Å². The third-order valence-electron chi connectivity index (χ3n) is 2.58. The molecular weight excluding hydrogens is 226 g/mol. The van der Waals surface area contributed by atoms with Crippen LogP contribution in [0.1, 0.15) is 12.0 Å². The minimum absolute atomic E-state index is 0.122. The molecule has 1 saturated heterocycles. The zero-order chi connectivity index (χ0) is 12.3. The van der Waals surface area contributed by atoms with Crippen molar-refractivity contribution in [1.82, 2.24) is 0 Å². The molecule has 6 heteroatoms. The number of benzene rings is 1. The van der Waals surface area contributed by atoms with E-state index in [1.807, 2.05) is 0 Å². The highest BCUT2D eigenvalue weighted by Gasteiger charge is 2.22. The Morgan fingerprint density at radius 1 is 1.59 bits per heavy atom. The van der Waals surface area contributed by atoms with Crippen molar-refractivity contribution >= 4 is 5.69 Å². The normalized spacial score (nSPS) is 19.2. The molecule has 0 aromatic heterocycles. The van der Waals surface area contributed by atoms with Crippen LogP contribution in [0.5, 0.6) is 5.75 Å². The second-order valence-electron chi connectivity index (χ2n) is 3.82. The Morgan fingerprint density at radius 2 is 2.41 bits per heavy atom. The van der Waals surface area contributed by atoms with Gasteiger partial charge in [0.15, 0.2) is 5.75 Å². The maximum absolute atomic E-state index is 10.9. The van der Waals surface area contributed by atoms with Crippen molar-refractivity contribution in [2.75, 3.05) is 13.2 Å². The lowest BCUT2D eigenvalue weighted by Crippen LogP contribution is -2.16. The summed E-state index contributed by atoms with van der Waals surface area (Å²) in [6, 6.07) is 4.45. The first-order valence-electron chi connectivity index (χ1n) is 5.33. The Balaban J connectivity index is 2.22. The molecule has 1 aliphatic rings. The molecule has 1 aromatic carbocycles. The average Bonchev–Trinajstić information content (AvgIpc) is 2.82. The van der Waals surface area contributed by atoms with E-state index in [0.717, 1.165) is 6.42 Å². The predicted octanol–water partition coefficient (Wildman–Crippen LogP) is 1.25. The Labute approximate surface area is 97.9 Å². The lowest BCUT2D eigenvalue weighted by Gasteiger charge is -2.12. The highest BCUT2D eigenvalue weighted by Crippen LogP contribution is 2.30. The van der Waals surface area contributed by atoms with Crippen molar-refractivity contribution in [3.05, 3.63) is 33.9 Å². The molecule has 1 aromatic rings. The molecule has 17 heavy (non-hydrogen) atoms.